The fraction of sp³-hybridized carbons (Fsp3) is 0.773. The Balaban J connectivity index is 1.48. The van der Waals surface area contributed by atoms with E-state index in [9.17, 15) is 4.79 Å². The highest BCUT2D eigenvalue weighted by molar-refractivity contribution is 5.74. The quantitative estimate of drug-likeness (QED) is 0.779. The summed E-state index contributed by atoms with van der Waals surface area (Å²) in [5.41, 5.74) is 1.20. The van der Waals surface area contributed by atoms with Gasteiger partial charge >= 0.3 is 0 Å². The SMILES string of the molecule is CCN(Cc1ccnc(N2CCCC2)n1)[C@H]1CN(C(C)=O)C2(CCCCC2)C1. The number of amides is 1. The molecule has 3 heterocycles. The van der Waals surface area contributed by atoms with Crippen LogP contribution in [-0.2, 0) is 11.3 Å². The van der Waals surface area contributed by atoms with E-state index in [1.165, 1.54) is 44.9 Å². The molecule has 4 rings (SSSR count). The molecule has 0 unspecified atom stereocenters. The molecular weight excluding hydrogens is 350 g/mol. The molecule has 1 amide bonds. The van der Waals surface area contributed by atoms with Gasteiger partial charge in [-0.15, -0.1) is 0 Å². The molecule has 0 N–H and O–H groups in total. The maximum atomic E-state index is 12.4. The molecule has 6 heteroatoms. The number of anilines is 1. The summed E-state index contributed by atoms with van der Waals surface area (Å²) >= 11 is 0. The average molecular weight is 386 g/mol. The Morgan fingerprint density at radius 3 is 2.64 bits per heavy atom. The van der Waals surface area contributed by atoms with Crippen LogP contribution in [0, 0.1) is 0 Å². The summed E-state index contributed by atoms with van der Waals surface area (Å²) in [6.07, 6.45) is 11.7. The lowest BCUT2D eigenvalue weighted by Gasteiger charge is -2.41. The molecule has 1 aromatic heterocycles. The van der Waals surface area contributed by atoms with Gasteiger partial charge in [0.1, 0.15) is 0 Å². The molecule has 1 saturated carbocycles. The van der Waals surface area contributed by atoms with E-state index in [-0.39, 0.29) is 11.4 Å². The average Bonchev–Trinajstić information content (AvgIpc) is 3.36. The smallest absolute Gasteiger partial charge is 0.225 e. The Labute approximate surface area is 169 Å². The van der Waals surface area contributed by atoms with Crippen LogP contribution >= 0.6 is 0 Å². The monoisotopic (exact) mass is 385 g/mol. The lowest BCUT2D eigenvalue weighted by molar-refractivity contribution is -0.134. The van der Waals surface area contributed by atoms with Crippen molar-refractivity contribution < 1.29 is 4.79 Å². The van der Waals surface area contributed by atoms with E-state index in [0.29, 0.717) is 6.04 Å². The summed E-state index contributed by atoms with van der Waals surface area (Å²) in [6, 6.07) is 2.48. The van der Waals surface area contributed by atoms with Gasteiger partial charge in [-0.3, -0.25) is 9.69 Å². The molecule has 3 aliphatic rings. The predicted molar refractivity (Wildman–Crippen MR) is 111 cm³/mol. The second-order valence-corrected chi connectivity index (χ2v) is 8.88. The van der Waals surface area contributed by atoms with E-state index in [2.05, 4.69) is 32.7 Å². The van der Waals surface area contributed by atoms with E-state index in [1.807, 2.05) is 6.20 Å². The van der Waals surface area contributed by atoms with Gasteiger partial charge < -0.3 is 9.80 Å². The van der Waals surface area contributed by atoms with Crippen LogP contribution in [-0.4, -0.2) is 63.4 Å². The second kappa shape index (κ2) is 8.36. The number of carbonyl (C=O) groups excluding carboxylic acids is 1. The fourth-order valence-corrected chi connectivity index (χ4v) is 5.66. The Morgan fingerprint density at radius 2 is 1.96 bits per heavy atom. The van der Waals surface area contributed by atoms with Crippen molar-refractivity contribution >= 4 is 11.9 Å². The standard InChI is InChI=1S/C22H35N5O/c1-3-25(16-19-9-12-23-21(24-19)26-13-7-8-14-26)20-15-22(10-5-4-6-11-22)27(17-20)18(2)28/h9,12,20H,3-8,10-11,13-17H2,1-2H3/t20-/m1/s1. The van der Waals surface area contributed by atoms with Gasteiger partial charge in [-0.25, -0.2) is 9.97 Å². The van der Waals surface area contributed by atoms with E-state index in [4.69, 9.17) is 4.98 Å². The highest BCUT2D eigenvalue weighted by Crippen LogP contribution is 2.43. The number of hydrogen-bond donors (Lipinski definition) is 0. The number of rotatable bonds is 5. The van der Waals surface area contributed by atoms with Crippen LogP contribution in [0.25, 0.3) is 0 Å². The van der Waals surface area contributed by atoms with Gasteiger partial charge in [0.2, 0.25) is 11.9 Å². The second-order valence-electron chi connectivity index (χ2n) is 8.88. The Hall–Kier alpha value is -1.69. The minimum Gasteiger partial charge on any atom is -0.341 e. The van der Waals surface area contributed by atoms with Gasteiger partial charge in [0, 0.05) is 50.9 Å². The summed E-state index contributed by atoms with van der Waals surface area (Å²) in [5.74, 6) is 1.13. The highest BCUT2D eigenvalue weighted by Gasteiger charge is 2.48. The van der Waals surface area contributed by atoms with Gasteiger partial charge in [-0.05, 0) is 44.7 Å². The summed E-state index contributed by atoms with van der Waals surface area (Å²) in [7, 11) is 0. The van der Waals surface area contributed by atoms with E-state index in [0.717, 1.165) is 50.8 Å². The first-order chi connectivity index (χ1) is 13.6. The largest absolute Gasteiger partial charge is 0.341 e. The summed E-state index contributed by atoms with van der Waals surface area (Å²) < 4.78 is 0. The minimum absolute atomic E-state index is 0.106. The van der Waals surface area contributed by atoms with Crippen LogP contribution in [0.2, 0.25) is 0 Å². The lowest BCUT2D eigenvalue weighted by atomic mass is 9.79. The third-order valence-corrected chi connectivity index (χ3v) is 7.12. The molecule has 1 spiro atoms. The van der Waals surface area contributed by atoms with Gasteiger partial charge in [0.25, 0.3) is 0 Å². The van der Waals surface area contributed by atoms with Crippen molar-refractivity contribution in [2.45, 2.75) is 83.3 Å². The first kappa shape index (κ1) is 19.6. The number of likely N-dealkylation sites (tertiary alicyclic amines) is 1. The Kier molecular flexibility index (Phi) is 5.85. The molecule has 1 aromatic rings. The Morgan fingerprint density at radius 1 is 1.21 bits per heavy atom. The normalized spacial score (nSPS) is 24.5. The van der Waals surface area contributed by atoms with E-state index >= 15 is 0 Å². The van der Waals surface area contributed by atoms with Gasteiger partial charge in [-0.1, -0.05) is 26.2 Å². The summed E-state index contributed by atoms with van der Waals surface area (Å²) in [5, 5.41) is 0. The van der Waals surface area contributed by atoms with Gasteiger partial charge in [0.05, 0.1) is 5.69 Å². The van der Waals surface area contributed by atoms with Gasteiger partial charge in [-0.2, -0.15) is 0 Å². The molecule has 0 radical (unpaired) electrons. The van der Waals surface area contributed by atoms with Crippen LogP contribution in [0.3, 0.4) is 0 Å². The van der Waals surface area contributed by atoms with Crippen LogP contribution < -0.4 is 4.90 Å². The van der Waals surface area contributed by atoms with Crippen molar-refractivity contribution in [3.63, 3.8) is 0 Å². The minimum atomic E-state index is 0.106. The fourth-order valence-electron chi connectivity index (χ4n) is 5.66. The number of hydrogen-bond acceptors (Lipinski definition) is 5. The molecule has 0 aromatic carbocycles. The molecule has 3 fully saturated rings. The molecule has 1 atom stereocenters. The molecule has 154 valence electrons. The summed E-state index contributed by atoms with van der Waals surface area (Å²) in [6.45, 7) is 8.81. The summed E-state index contributed by atoms with van der Waals surface area (Å²) in [4.78, 5) is 28.8. The zero-order valence-electron chi connectivity index (χ0n) is 17.6. The number of aromatic nitrogens is 2. The van der Waals surface area contributed by atoms with Crippen molar-refractivity contribution in [3.8, 4) is 0 Å². The lowest BCUT2D eigenvalue weighted by Crippen LogP contribution is -2.47. The first-order valence-corrected chi connectivity index (χ1v) is 11.2. The maximum absolute atomic E-state index is 12.4. The van der Waals surface area contributed by atoms with Crippen molar-refractivity contribution in [1.29, 1.82) is 0 Å². The molecule has 28 heavy (non-hydrogen) atoms. The first-order valence-electron chi connectivity index (χ1n) is 11.2. The zero-order chi connectivity index (χ0) is 19.6. The molecule has 0 bridgehead atoms. The number of nitrogens with zero attached hydrogens (tertiary/aromatic N) is 5. The van der Waals surface area contributed by atoms with Crippen LogP contribution in [0.15, 0.2) is 12.3 Å². The van der Waals surface area contributed by atoms with Crippen molar-refractivity contribution in [3.05, 3.63) is 18.0 Å². The third kappa shape index (κ3) is 3.88. The topological polar surface area (TPSA) is 52.6 Å². The molecule has 2 aliphatic heterocycles. The van der Waals surface area contributed by atoms with Crippen molar-refractivity contribution in [1.82, 2.24) is 19.8 Å². The number of carbonyl (C=O) groups is 1. The molecular formula is C22H35N5O. The molecule has 6 nitrogen and oxygen atoms in total. The molecule has 1 aliphatic carbocycles. The van der Waals surface area contributed by atoms with Gasteiger partial charge in [0.15, 0.2) is 0 Å². The molecule has 2 saturated heterocycles. The number of likely N-dealkylation sites (N-methyl/N-ethyl adjacent to an activating group) is 1. The predicted octanol–water partition coefficient (Wildman–Crippen LogP) is 3.22. The highest BCUT2D eigenvalue weighted by atomic mass is 16.2. The van der Waals surface area contributed by atoms with E-state index < -0.39 is 0 Å². The Bertz CT molecular complexity index is 681. The van der Waals surface area contributed by atoms with Crippen molar-refractivity contribution in [2.75, 3.05) is 31.1 Å². The van der Waals surface area contributed by atoms with Crippen LogP contribution in [0.5, 0.6) is 0 Å². The van der Waals surface area contributed by atoms with Crippen LogP contribution in [0.4, 0.5) is 5.95 Å². The van der Waals surface area contributed by atoms with Crippen LogP contribution in [0.1, 0.15) is 70.9 Å². The third-order valence-electron chi connectivity index (χ3n) is 7.12. The zero-order valence-corrected chi connectivity index (χ0v) is 17.6. The van der Waals surface area contributed by atoms with E-state index in [1.54, 1.807) is 6.92 Å². The van der Waals surface area contributed by atoms with Crippen molar-refractivity contribution in [2.24, 2.45) is 0 Å². The maximum Gasteiger partial charge on any atom is 0.225 e.